The fourth-order valence-corrected chi connectivity index (χ4v) is 3.77. The van der Waals surface area contributed by atoms with Gasteiger partial charge in [0.25, 0.3) is 0 Å². The van der Waals surface area contributed by atoms with Crippen LogP contribution in [0.5, 0.6) is 5.75 Å². The quantitative estimate of drug-likeness (QED) is 0.436. The molecule has 4 rings (SSSR count). The van der Waals surface area contributed by atoms with Crippen molar-refractivity contribution in [2.24, 2.45) is 0 Å². The van der Waals surface area contributed by atoms with Crippen LogP contribution >= 0.6 is 0 Å². The third-order valence-electron chi connectivity index (χ3n) is 5.50. The normalized spacial score (nSPS) is 13.6. The van der Waals surface area contributed by atoms with Crippen molar-refractivity contribution in [2.45, 2.75) is 26.3 Å². The number of aromatic nitrogens is 2. The average molecular weight is 450 g/mol. The van der Waals surface area contributed by atoms with Gasteiger partial charge in [0.2, 0.25) is 0 Å². The van der Waals surface area contributed by atoms with Gasteiger partial charge in [0, 0.05) is 31.8 Å². The lowest BCUT2D eigenvalue weighted by molar-refractivity contribution is 0.101. The van der Waals surface area contributed by atoms with Crippen LogP contribution in [-0.2, 0) is 6.54 Å². The number of rotatable bonds is 10. The third kappa shape index (κ3) is 6.49. The number of carbonyl (C=O) groups excluding carboxylic acids is 1. The zero-order valence-electron chi connectivity index (χ0n) is 18.7. The van der Waals surface area contributed by atoms with Gasteiger partial charge in [0.1, 0.15) is 18.2 Å². The first-order chi connectivity index (χ1) is 16.1. The second-order valence-corrected chi connectivity index (χ2v) is 8.08. The first kappa shape index (κ1) is 22.7. The SMILES string of the molecule is CC(=O)c1nnc(Nc2ccc(OCCN3CCCC3)cc2)cc1NCc1cccc(F)c1. The molecule has 0 amide bonds. The Hall–Kier alpha value is -3.52. The summed E-state index contributed by atoms with van der Waals surface area (Å²) in [5.41, 5.74) is 2.35. The van der Waals surface area contributed by atoms with Gasteiger partial charge in [-0.3, -0.25) is 9.69 Å². The Bertz CT molecular complexity index is 1080. The van der Waals surface area contributed by atoms with Crippen molar-refractivity contribution >= 4 is 23.0 Å². The van der Waals surface area contributed by atoms with Crippen LogP contribution in [0.2, 0.25) is 0 Å². The number of nitrogens with zero attached hydrogens (tertiary/aromatic N) is 3. The van der Waals surface area contributed by atoms with Gasteiger partial charge in [0.05, 0.1) is 5.69 Å². The highest BCUT2D eigenvalue weighted by Crippen LogP contribution is 2.23. The number of halogens is 1. The highest BCUT2D eigenvalue weighted by atomic mass is 19.1. The number of benzene rings is 2. The molecule has 0 spiro atoms. The largest absolute Gasteiger partial charge is 0.492 e. The van der Waals surface area contributed by atoms with E-state index in [0.29, 0.717) is 24.7 Å². The van der Waals surface area contributed by atoms with Gasteiger partial charge in [-0.15, -0.1) is 10.2 Å². The molecule has 1 aromatic heterocycles. The molecule has 2 N–H and O–H groups in total. The van der Waals surface area contributed by atoms with Crippen molar-refractivity contribution in [1.82, 2.24) is 15.1 Å². The van der Waals surface area contributed by atoms with E-state index < -0.39 is 0 Å². The minimum Gasteiger partial charge on any atom is -0.492 e. The van der Waals surface area contributed by atoms with E-state index in [0.717, 1.165) is 36.6 Å². The Kier molecular flexibility index (Phi) is 7.47. The summed E-state index contributed by atoms with van der Waals surface area (Å²) in [6, 6.07) is 15.7. The molecule has 0 aliphatic carbocycles. The van der Waals surface area contributed by atoms with E-state index in [-0.39, 0.29) is 17.3 Å². The summed E-state index contributed by atoms with van der Waals surface area (Å²) < 4.78 is 19.3. The summed E-state index contributed by atoms with van der Waals surface area (Å²) in [5.74, 6) is 0.797. The molecule has 3 aromatic rings. The molecule has 0 radical (unpaired) electrons. The number of anilines is 3. The number of hydrogen-bond donors (Lipinski definition) is 2. The number of likely N-dealkylation sites (tertiary alicyclic amines) is 1. The molecule has 0 atom stereocenters. The lowest BCUT2D eigenvalue weighted by Crippen LogP contribution is -2.25. The van der Waals surface area contributed by atoms with Crippen LogP contribution in [0.4, 0.5) is 21.6 Å². The Morgan fingerprint density at radius 3 is 2.61 bits per heavy atom. The molecular formula is C25H28FN5O2. The number of nitrogens with one attached hydrogen (secondary N) is 2. The molecule has 33 heavy (non-hydrogen) atoms. The number of ether oxygens (including phenoxy) is 1. The van der Waals surface area contributed by atoms with Crippen molar-refractivity contribution in [3.63, 3.8) is 0 Å². The van der Waals surface area contributed by atoms with Gasteiger partial charge in [-0.25, -0.2) is 4.39 Å². The van der Waals surface area contributed by atoms with Crippen LogP contribution in [0.3, 0.4) is 0 Å². The van der Waals surface area contributed by atoms with E-state index >= 15 is 0 Å². The molecular weight excluding hydrogens is 421 g/mol. The summed E-state index contributed by atoms with van der Waals surface area (Å²) in [4.78, 5) is 14.4. The Balaban J connectivity index is 1.37. The Morgan fingerprint density at radius 2 is 1.88 bits per heavy atom. The Labute approximate surface area is 193 Å². The lowest BCUT2D eigenvalue weighted by Gasteiger charge is -2.15. The lowest BCUT2D eigenvalue weighted by atomic mass is 10.2. The standard InChI is InChI=1S/C25H28FN5O2/c1-18(32)25-23(27-17-19-5-4-6-20(26)15-19)16-24(29-30-25)28-21-7-9-22(10-8-21)33-14-13-31-11-2-3-12-31/h4-10,15-16H,2-3,11-14,17H2,1H3,(H2,27,28,29). The van der Waals surface area contributed by atoms with Crippen LogP contribution in [0, 0.1) is 5.82 Å². The van der Waals surface area contributed by atoms with Gasteiger partial charge < -0.3 is 15.4 Å². The molecule has 2 aromatic carbocycles. The second kappa shape index (κ2) is 10.9. The zero-order valence-corrected chi connectivity index (χ0v) is 18.7. The molecule has 1 aliphatic heterocycles. The van der Waals surface area contributed by atoms with Gasteiger partial charge in [-0.05, 0) is 67.9 Å². The van der Waals surface area contributed by atoms with Crippen molar-refractivity contribution in [3.05, 3.63) is 71.7 Å². The average Bonchev–Trinajstić information content (AvgIpc) is 3.32. The number of hydrogen-bond acceptors (Lipinski definition) is 7. The fraction of sp³-hybridized carbons (Fsp3) is 0.320. The molecule has 8 heteroatoms. The van der Waals surface area contributed by atoms with Crippen molar-refractivity contribution in [3.8, 4) is 5.75 Å². The second-order valence-electron chi connectivity index (χ2n) is 8.08. The maximum absolute atomic E-state index is 13.4. The van der Waals surface area contributed by atoms with Crippen LogP contribution in [0.15, 0.2) is 54.6 Å². The van der Waals surface area contributed by atoms with Gasteiger partial charge in [-0.1, -0.05) is 12.1 Å². The van der Waals surface area contributed by atoms with Crippen LogP contribution in [0.1, 0.15) is 35.8 Å². The Morgan fingerprint density at radius 1 is 1.09 bits per heavy atom. The summed E-state index contributed by atoms with van der Waals surface area (Å²) >= 11 is 0. The van der Waals surface area contributed by atoms with Crippen molar-refractivity contribution < 1.29 is 13.9 Å². The zero-order chi connectivity index (χ0) is 23.0. The van der Waals surface area contributed by atoms with Crippen molar-refractivity contribution in [1.29, 1.82) is 0 Å². The maximum Gasteiger partial charge on any atom is 0.182 e. The first-order valence-electron chi connectivity index (χ1n) is 11.2. The molecule has 1 aliphatic rings. The van der Waals surface area contributed by atoms with Gasteiger partial charge in [-0.2, -0.15) is 0 Å². The van der Waals surface area contributed by atoms with E-state index in [1.54, 1.807) is 12.1 Å². The van der Waals surface area contributed by atoms with Crippen LogP contribution < -0.4 is 15.4 Å². The van der Waals surface area contributed by atoms with Crippen LogP contribution in [-0.4, -0.2) is 47.1 Å². The summed E-state index contributed by atoms with van der Waals surface area (Å²) in [7, 11) is 0. The topological polar surface area (TPSA) is 79.4 Å². The molecule has 0 bridgehead atoms. The fourth-order valence-electron chi connectivity index (χ4n) is 3.77. The third-order valence-corrected chi connectivity index (χ3v) is 5.50. The van der Waals surface area contributed by atoms with E-state index in [2.05, 4.69) is 25.7 Å². The molecule has 0 unspecified atom stereocenters. The molecule has 1 saturated heterocycles. The van der Waals surface area contributed by atoms with Gasteiger partial charge in [0.15, 0.2) is 17.3 Å². The smallest absolute Gasteiger partial charge is 0.182 e. The monoisotopic (exact) mass is 449 g/mol. The number of carbonyl (C=O) groups is 1. The van der Waals surface area contributed by atoms with E-state index in [9.17, 15) is 9.18 Å². The van der Waals surface area contributed by atoms with E-state index in [1.165, 1.54) is 31.9 Å². The number of Topliss-reactive ketones (excluding diaryl/α,β-unsaturated/α-hetero) is 1. The highest BCUT2D eigenvalue weighted by molar-refractivity contribution is 5.97. The molecule has 172 valence electrons. The minimum absolute atomic E-state index is 0.203. The summed E-state index contributed by atoms with van der Waals surface area (Å²) in [6.45, 7) is 5.73. The molecule has 2 heterocycles. The van der Waals surface area contributed by atoms with E-state index in [4.69, 9.17) is 4.74 Å². The molecule has 0 saturated carbocycles. The van der Waals surface area contributed by atoms with Crippen molar-refractivity contribution in [2.75, 3.05) is 36.9 Å². The van der Waals surface area contributed by atoms with E-state index in [1.807, 2.05) is 30.3 Å². The number of ketones is 1. The minimum atomic E-state index is -0.306. The predicted molar refractivity (Wildman–Crippen MR) is 127 cm³/mol. The molecule has 1 fully saturated rings. The molecule has 7 nitrogen and oxygen atoms in total. The highest BCUT2D eigenvalue weighted by Gasteiger charge is 2.13. The summed E-state index contributed by atoms with van der Waals surface area (Å²) in [6.07, 6.45) is 2.55. The predicted octanol–water partition coefficient (Wildman–Crippen LogP) is 4.65. The first-order valence-corrected chi connectivity index (χ1v) is 11.2. The van der Waals surface area contributed by atoms with Crippen LogP contribution in [0.25, 0.3) is 0 Å². The summed E-state index contributed by atoms with van der Waals surface area (Å²) in [5, 5.41) is 14.6. The maximum atomic E-state index is 13.4. The van der Waals surface area contributed by atoms with Gasteiger partial charge >= 0.3 is 0 Å².